The maximum Gasteiger partial charge on any atom is 0.338 e. The van der Waals surface area contributed by atoms with Crippen LogP contribution in [0.1, 0.15) is 52.8 Å². The van der Waals surface area contributed by atoms with E-state index in [0.29, 0.717) is 18.7 Å². The van der Waals surface area contributed by atoms with Crippen LogP contribution in [0.2, 0.25) is 5.02 Å². The van der Waals surface area contributed by atoms with E-state index < -0.39 is 21.8 Å². The molecule has 0 N–H and O–H groups in total. The van der Waals surface area contributed by atoms with E-state index in [0.717, 1.165) is 19.3 Å². The molecule has 166 valence electrons. The fraction of sp³-hybridized carbons (Fsp3) is 0.364. The van der Waals surface area contributed by atoms with Crippen LogP contribution in [-0.4, -0.2) is 44.2 Å². The Bertz CT molecular complexity index is 1050. The van der Waals surface area contributed by atoms with Crippen molar-refractivity contribution >= 4 is 33.4 Å². The van der Waals surface area contributed by atoms with Crippen LogP contribution >= 0.6 is 11.6 Å². The number of halogens is 2. The molecule has 0 bridgehead atoms. The molecule has 1 saturated heterocycles. The Balaban J connectivity index is 1.58. The lowest BCUT2D eigenvalue weighted by molar-refractivity contribution is 0.0494. The third kappa shape index (κ3) is 5.90. The normalized spacial score (nSPS) is 14.9. The maximum absolute atomic E-state index is 12.9. The Hall–Kier alpha value is -2.29. The number of benzene rings is 2. The molecular formula is C22H23ClFNO5S. The van der Waals surface area contributed by atoms with Gasteiger partial charge in [0.25, 0.3) is 0 Å². The summed E-state index contributed by atoms with van der Waals surface area (Å²) in [5.41, 5.74) is 0.461. The van der Waals surface area contributed by atoms with Gasteiger partial charge in [-0.3, -0.25) is 4.79 Å². The second-order valence-electron chi connectivity index (χ2n) is 7.28. The first-order valence-electron chi connectivity index (χ1n) is 10.0. The number of rotatable bonds is 8. The lowest BCUT2D eigenvalue weighted by Gasteiger charge is -2.26. The van der Waals surface area contributed by atoms with Crippen molar-refractivity contribution in [1.82, 2.24) is 4.31 Å². The molecule has 2 aromatic carbocycles. The maximum atomic E-state index is 12.9. The monoisotopic (exact) mass is 467 g/mol. The van der Waals surface area contributed by atoms with Crippen LogP contribution in [-0.2, 0) is 14.8 Å². The number of hydrogen-bond donors (Lipinski definition) is 0. The van der Waals surface area contributed by atoms with Crippen molar-refractivity contribution in [2.24, 2.45) is 0 Å². The number of sulfonamides is 1. The highest BCUT2D eigenvalue weighted by molar-refractivity contribution is 7.89. The van der Waals surface area contributed by atoms with Gasteiger partial charge in [0.05, 0.1) is 17.2 Å². The van der Waals surface area contributed by atoms with Crippen LogP contribution < -0.4 is 0 Å². The number of nitrogens with zero attached hydrogens (tertiary/aromatic N) is 1. The first-order chi connectivity index (χ1) is 14.8. The van der Waals surface area contributed by atoms with Crippen LogP contribution in [0.4, 0.5) is 4.39 Å². The van der Waals surface area contributed by atoms with E-state index in [1.165, 1.54) is 46.8 Å². The molecular weight excluding hydrogens is 445 g/mol. The molecule has 1 aliphatic heterocycles. The number of ketones is 1. The first-order valence-corrected chi connectivity index (χ1v) is 11.9. The summed E-state index contributed by atoms with van der Waals surface area (Å²) in [6.07, 6.45) is 2.98. The van der Waals surface area contributed by atoms with E-state index >= 15 is 0 Å². The second-order valence-corrected chi connectivity index (χ2v) is 9.59. The van der Waals surface area contributed by atoms with Gasteiger partial charge in [0.15, 0.2) is 5.78 Å². The van der Waals surface area contributed by atoms with E-state index in [-0.39, 0.29) is 40.7 Å². The average molecular weight is 468 g/mol. The van der Waals surface area contributed by atoms with Gasteiger partial charge in [0, 0.05) is 25.1 Å². The molecule has 0 spiro atoms. The predicted molar refractivity (Wildman–Crippen MR) is 114 cm³/mol. The molecule has 31 heavy (non-hydrogen) atoms. The van der Waals surface area contributed by atoms with Gasteiger partial charge in [0.1, 0.15) is 10.7 Å². The van der Waals surface area contributed by atoms with Crippen molar-refractivity contribution in [3.63, 3.8) is 0 Å². The molecule has 0 aliphatic carbocycles. The summed E-state index contributed by atoms with van der Waals surface area (Å²) < 4.78 is 45.3. The Morgan fingerprint density at radius 2 is 1.65 bits per heavy atom. The van der Waals surface area contributed by atoms with Crippen molar-refractivity contribution in [2.45, 2.75) is 37.0 Å². The third-order valence-electron chi connectivity index (χ3n) is 5.05. The highest BCUT2D eigenvalue weighted by Gasteiger charge is 2.29. The summed E-state index contributed by atoms with van der Waals surface area (Å²) in [6.45, 7) is 0.841. The minimum atomic E-state index is -3.80. The summed E-state index contributed by atoms with van der Waals surface area (Å²) in [5.74, 6) is -1.30. The van der Waals surface area contributed by atoms with E-state index in [2.05, 4.69) is 0 Å². The van der Waals surface area contributed by atoms with E-state index in [1.807, 2.05) is 0 Å². The zero-order valence-electron chi connectivity index (χ0n) is 16.9. The lowest BCUT2D eigenvalue weighted by atomic mass is 10.1. The molecule has 0 unspecified atom stereocenters. The van der Waals surface area contributed by atoms with Gasteiger partial charge >= 0.3 is 5.97 Å². The number of carbonyl (C=O) groups is 2. The van der Waals surface area contributed by atoms with Gasteiger partial charge in [-0.15, -0.1) is 0 Å². The Morgan fingerprint density at radius 1 is 1.00 bits per heavy atom. The molecule has 1 fully saturated rings. The Morgan fingerprint density at radius 3 is 2.32 bits per heavy atom. The number of Topliss-reactive ketones (excluding diaryl/α,β-unsaturated/α-hetero) is 1. The number of carbonyl (C=O) groups excluding carboxylic acids is 2. The number of hydrogen-bond acceptors (Lipinski definition) is 5. The summed E-state index contributed by atoms with van der Waals surface area (Å²) in [5, 5.41) is 0.0482. The van der Waals surface area contributed by atoms with Crippen molar-refractivity contribution in [3.05, 3.63) is 64.4 Å². The molecule has 3 rings (SSSR count). The average Bonchev–Trinajstić information content (AvgIpc) is 2.77. The zero-order valence-corrected chi connectivity index (χ0v) is 18.4. The minimum absolute atomic E-state index is 0.0113. The van der Waals surface area contributed by atoms with Crippen molar-refractivity contribution in [1.29, 1.82) is 0 Å². The Kier molecular flexibility index (Phi) is 7.80. The van der Waals surface area contributed by atoms with E-state index in [9.17, 15) is 22.4 Å². The first kappa shape index (κ1) is 23.4. The van der Waals surface area contributed by atoms with Crippen molar-refractivity contribution < 1.29 is 27.1 Å². The molecule has 9 heteroatoms. The SMILES string of the molecule is O=C(CCCOC(=O)c1ccc(Cl)c(S(=O)(=O)N2CCCCC2)c1)c1ccc(F)cc1. The van der Waals surface area contributed by atoms with Gasteiger partial charge in [-0.25, -0.2) is 17.6 Å². The molecule has 1 aliphatic rings. The van der Waals surface area contributed by atoms with Crippen molar-refractivity contribution in [3.8, 4) is 0 Å². The summed E-state index contributed by atoms with van der Waals surface area (Å²) in [6, 6.07) is 9.24. The third-order valence-corrected chi connectivity index (χ3v) is 7.43. The van der Waals surface area contributed by atoms with E-state index in [4.69, 9.17) is 16.3 Å². The molecule has 0 atom stereocenters. The van der Waals surface area contributed by atoms with E-state index in [1.54, 1.807) is 0 Å². The van der Waals surface area contributed by atoms with Crippen LogP contribution in [0.25, 0.3) is 0 Å². The van der Waals surface area contributed by atoms with Gasteiger partial charge in [-0.1, -0.05) is 18.0 Å². The topological polar surface area (TPSA) is 80.8 Å². The molecule has 0 radical (unpaired) electrons. The highest BCUT2D eigenvalue weighted by Crippen LogP contribution is 2.28. The minimum Gasteiger partial charge on any atom is -0.462 e. The second kappa shape index (κ2) is 10.3. The highest BCUT2D eigenvalue weighted by atomic mass is 35.5. The molecule has 0 amide bonds. The number of esters is 1. The predicted octanol–water partition coefficient (Wildman–Crippen LogP) is 4.47. The van der Waals surface area contributed by atoms with Crippen LogP contribution in [0, 0.1) is 5.82 Å². The molecule has 6 nitrogen and oxygen atoms in total. The lowest BCUT2D eigenvalue weighted by Crippen LogP contribution is -2.35. The molecule has 0 saturated carbocycles. The summed E-state index contributed by atoms with van der Waals surface area (Å²) >= 11 is 6.12. The number of piperidine rings is 1. The molecule has 2 aromatic rings. The van der Waals surface area contributed by atoms with Gasteiger partial charge < -0.3 is 4.74 Å². The van der Waals surface area contributed by atoms with Crippen LogP contribution in [0.15, 0.2) is 47.4 Å². The van der Waals surface area contributed by atoms with Gasteiger partial charge in [-0.05, 0) is 61.7 Å². The fourth-order valence-electron chi connectivity index (χ4n) is 3.33. The van der Waals surface area contributed by atoms with Gasteiger partial charge in [0.2, 0.25) is 10.0 Å². The zero-order chi connectivity index (χ0) is 22.4. The standard InChI is InChI=1S/C22H23ClFNO5S/c23-19-11-8-17(15-21(19)31(28,29)25-12-2-1-3-13-25)22(27)30-14-4-5-20(26)16-6-9-18(24)10-7-16/h6-11,15H,1-5,12-14H2. The quantitative estimate of drug-likeness (QED) is 0.325. The fourth-order valence-corrected chi connectivity index (χ4v) is 5.35. The van der Waals surface area contributed by atoms with Crippen molar-refractivity contribution in [2.75, 3.05) is 19.7 Å². The smallest absolute Gasteiger partial charge is 0.338 e. The molecule has 1 heterocycles. The van der Waals surface area contributed by atoms with Crippen LogP contribution in [0.5, 0.6) is 0 Å². The summed E-state index contributed by atoms with van der Waals surface area (Å²) in [7, 11) is -3.80. The van der Waals surface area contributed by atoms with Gasteiger partial charge in [-0.2, -0.15) is 4.31 Å². The largest absolute Gasteiger partial charge is 0.462 e. The number of ether oxygens (including phenoxy) is 1. The molecule has 0 aromatic heterocycles. The summed E-state index contributed by atoms with van der Waals surface area (Å²) in [4.78, 5) is 24.3. The Labute approximate surface area is 186 Å². The van der Waals surface area contributed by atoms with Crippen LogP contribution in [0.3, 0.4) is 0 Å².